The first-order valence-corrected chi connectivity index (χ1v) is 16.7. The van der Waals surface area contributed by atoms with Gasteiger partial charge in [-0.25, -0.2) is 0 Å². The van der Waals surface area contributed by atoms with E-state index in [2.05, 4.69) is 27.7 Å². The maximum absolute atomic E-state index is 2.50. The molecule has 0 aromatic heterocycles. The van der Waals surface area contributed by atoms with E-state index in [4.69, 9.17) is 0 Å². The molecule has 0 fully saturated rings. The van der Waals surface area contributed by atoms with Gasteiger partial charge in [0.1, 0.15) is 0 Å². The molecule has 0 N–H and O–H groups in total. The molecule has 206 valence electrons. The molecule has 0 amide bonds. The number of hydrogen-bond acceptors (Lipinski definition) is 0. The topological polar surface area (TPSA) is 0 Å². The van der Waals surface area contributed by atoms with Crippen molar-refractivity contribution < 1.29 is 0 Å². The summed E-state index contributed by atoms with van der Waals surface area (Å²) >= 11 is 0. The highest BCUT2D eigenvalue weighted by molar-refractivity contribution is 4.58. The molecular weight excluding hydrogens is 408 g/mol. The monoisotopic (exact) mass is 479 g/mol. The Balaban J connectivity index is 3.21. The van der Waals surface area contributed by atoms with Crippen LogP contribution >= 0.6 is 0 Å². The normalized spacial score (nSPS) is 13.4. The van der Waals surface area contributed by atoms with Gasteiger partial charge < -0.3 is 0 Å². The fraction of sp³-hybridized carbons (Fsp3) is 1.00. The SMILES string of the molecule is CCCCCCCCCCC(C)CCCCCCCCCCCC(C)CCCCCCCCC. The Morgan fingerprint density at radius 1 is 0.265 bits per heavy atom. The van der Waals surface area contributed by atoms with Crippen molar-refractivity contribution in [1.82, 2.24) is 0 Å². The number of hydrogen-bond donors (Lipinski definition) is 0. The highest BCUT2D eigenvalue weighted by Gasteiger charge is 2.03. The third-order valence-electron chi connectivity index (χ3n) is 8.24. The first kappa shape index (κ1) is 34.0. The van der Waals surface area contributed by atoms with Gasteiger partial charge in [0.25, 0.3) is 0 Å². The van der Waals surface area contributed by atoms with Gasteiger partial charge in [-0.3, -0.25) is 0 Å². The van der Waals surface area contributed by atoms with E-state index in [9.17, 15) is 0 Å². The molecule has 0 radical (unpaired) electrons. The Labute approximate surface area is 219 Å². The van der Waals surface area contributed by atoms with Crippen LogP contribution in [0.5, 0.6) is 0 Å². The lowest BCUT2D eigenvalue weighted by Crippen LogP contribution is -1.95. The molecule has 0 aliphatic heterocycles. The Hall–Kier alpha value is 0. The fourth-order valence-electron chi connectivity index (χ4n) is 5.59. The van der Waals surface area contributed by atoms with Crippen LogP contribution in [0.15, 0.2) is 0 Å². The second kappa shape index (κ2) is 29.2. The van der Waals surface area contributed by atoms with Crippen LogP contribution in [-0.2, 0) is 0 Å². The summed E-state index contributed by atoms with van der Waals surface area (Å²) in [5.74, 6) is 1.93. The maximum atomic E-state index is 2.50. The average molecular weight is 479 g/mol. The average Bonchev–Trinajstić information content (AvgIpc) is 2.83. The van der Waals surface area contributed by atoms with Crippen LogP contribution in [0.1, 0.15) is 207 Å². The molecule has 0 aromatic carbocycles. The van der Waals surface area contributed by atoms with E-state index in [0.717, 1.165) is 11.8 Å². The lowest BCUT2D eigenvalue weighted by molar-refractivity contribution is 0.425. The molecule has 0 nitrogen and oxygen atoms in total. The van der Waals surface area contributed by atoms with Gasteiger partial charge in [0.2, 0.25) is 0 Å². The Morgan fingerprint density at radius 3 is 0.647 bits per heavy atom. The summed E-state index contributed by atoms with van der Waals surface area (Å²) in [6.07, 6.45) is 41.1. The van der Waals surface area contributed by atoms with E-state index in [1.165, 1.54) is 180 Å². The molecule has 2 unspecified atom stereocenters. The van der Waals surface area contributed by atoms with Crippen molar-refractivity contribution in [3.05, 3.63) is 0 Å². The molecule has 0 saturated carbocycles. The Kier molecular flexibility index (Phi) is 29.2. The van der Waals surface area contributed by atoms with E-state index in [-0.39, 0.29) is 0 Å². The van der Waals surface area contributed by atoms with Crippen molar-refractivity contribution in [2.24, 2.45) is 11.8 Å². The number of rotatable bonds is 29. The summed E-state index contributed by atoms with van der Waals surface area (Å²) in [6.45, 7) is 9.61. The van der Waals surface area contributed by atoms with Crippen LogP contribution in [0.25, 0.3) is 0 Å². The summed E-state index contributed by atoms with van der Waals surface area (Å²) < 4.78 is 0. The van der Waals surface area contributed by atoms with E-state index >= 15 is 0 Å². The third-order valence-corrected chi connectivity index (χ3v) is 8.24. The molecule has 0 heterocycles. The highest BCUT2D eigenvalue weighted by atomic mass is 14.1. The molecule has 0 aliphatic rings. The second-order valence-electron chi connectivity index (χ2n) is 12.1. The molecule has 0 spiro atoms. The van der Waals surface area contributed by atoms with E-state index in [1.54, 1.807) is 0 Å². The van der Waals surface area contributed by atoms with Gasteiger partial charge in [-0.1, -0.05) is 207 Å². The predicted octanol–water partition coefficient (Wildman–Crippen LogP) is 13.2. The predicted molar refractivity (Wildman–Crippen MR) is 159 cm³/mol. The van der Waals surface area contributed by atoms with Gasteiger partial charge in [-0.2, -0.15) is 0 Å². The largest absolute Gasteiger partial charge is 0.0654 e. The molecule has 0 heteroatoms. The van der Waals surface area contributed by atoms with Gasteiger partial charge in [0.15, 0.2) is 0 Å². The standard InChI is InChI=1S/C34H70/c1-5-7-9-11-13-18-22-26-30-34(4)32-28-24-20-16-14-15-19-23-27-31-33(3)29-25-21-17-12-10-8-6-2/h33-34H,5-32H2,1-4H3. The first-order chi connectivity index (χ1) is 16.7. The van der Waals surface area contributed by atoms with Crippen LogP contribution in [0.4, 0.5) is 0 Å². The maximum Gasteiger partial charge on any atom is -0.0443 e. The van der Waals surface area contributed by atoms with Gasteiger partial charge in [-0.15, -0.1) is 0 Å². The van der Waals surface area contributed by atoms with Crippen LogP contribution in [0, 0.1) is 11.8 Å². The third kappa shape index (κ3) is 28.2. The van der Waals surface area contributed by atoms with Crippen LogP contribution in [0.2, 0.25) is 0 Å². The highest BCUT2D eigenvalue weighted by Crippen LogP contribution is 2.20. The number of unbranched alkanes of at least 4 members (excludes halogenated alkanes) is 21. The zero-order valence-electron chi connectivity index (χ0n) is 25.0. The smallest absolute Gasteiger partial charge is 0.0443 e. The van der Waals surface area contributed by atoms with Crippen LogP contribution < -0.4 is 0 Å². The van der Waals surface area contributed by atoms with Gasteiger partial charge in [-0.05, 0) is 11.8 Å². The summed E-state index contributed by atoms with van der Waals surface area (Å²) in [5.41, 5.74) is 0. The van der Waals surface area contributed by atoms with Crippen LogP contribution in [-0.4, -0.2) is 0 Å². The Bertz CT molecular complexity index is 346. The van der Waals surface area contributed by atoms with E-state index in [1.807, 2.05) is 0 Å². The minimum atomic E-state index is 0.966. The fourth-order valence-corrected chi connectivity index (χ4v) is 5.59. The van der Waals surface area contributed by atoms with Crippen molar-refractivity contribution in [1.29, 1.82) is 0 Å². The minimum absolute atomic E-state index is 0.966. The lowest BCUT2D eigenvalue weighted by atomic mass is 9.95. The minimum Gasteiger partial charge on any atom is -0.0654 e. The lowest BCUT2D eigenvalue weighted by Gasteiger charge is -2.11. The van der Waals surface area contributed by atoms with Gasteiger partial charge >= 0.3 is 0 Å². The van der Waals surface area contributed by atoms with Crippen molar-refractivity contribution in [3.8, 4) is 0 Å². The molecule has 0 saturated heterocycles. The van der Waals surface area contributed by atoms with Crippen LogP contribution in [0.3, 0.4) is 0 Å². The quantitative estimate of drug-likeness (QED) is 0.0937. The summed E-state index contributed by atoms with van der Waals surface area (Å²) in [5, 5.41) is 0. The van der Waals surface area contributed by atoms with Crippen molar-refractivity contribution in [2.75, 3.05) is 0 Å². The van der Waals surface area contributed by atoms with Crippen molar-refractivity contribution in [2.45, 2.75) is 207 Å². The second-order valence-corrected chi connectivity index (χ2v) is 12.1. The zero-order valence-corrected chi connectivity index (χ0v) is 25.0. The zero-order chi connectivity index (χ0) is 25.0. The first-order valence-electron chi connectivity index (χ1n) is 16.7. The van der Waals surface area contributed by atoms with Crippen molar-refractivity contribution >= 4 is 0 Å². The summed E-state index contributed by atoms with van der Waals surface area (Å²) in [4.78, 5) is 0. The molecule has 0 rings (SSSR count). The molecule has 2 atom stereocenters. The molecule has 34 heavy (non-hydrogen) atoms. The van der Waals surface area contributed by atoms with E-state index < -0.39 is 0 Å². The molecular formula is C34H70. The van der Waals surface area contributed by atoms with Gasteiger partial charge in [0.05, 0.1) is 0 Å². The van der Waals surface area contributed by atoms with Crippen molar-refractivity contribution in [3.63, 3.8) is 0 Å². The Morgan fingerprint density at radius 2 is 0.441 bits per heavy atom. The van der Waals surface area contributed by atoms with E-state index in [0.29, 0.717) is 0 Å². The molecule has 0 aromatic rings. The van der Waals surface area contributed by atoms with Gasteiger partial charge in [0, 0.05) is 0 Å². The summed E-state index contributed by atoms with van der Waals surface area (Å²) in [6, 6.07) is 0. The summed E-state index contributed by atoms with van der Waals surface area (Å²) in [7, 11) is 0. The molecule has 0 bridgehead atoms. The molecule has 0 aliphatic carbocycles.